The molecule has 0 saturated carbocycles. The van der Waals surface area contributed by atoms with E-state index in [0.29, 0.717) is 11.3 Å². The summed E-state index contributed by atoms with van der Waals surface area (Å²) in [6.45, 7) is 0. The molecule has 0 fully saturated rings. The molecule has 0 bridgehead atoms. The molecule has 3 N–H and O–H groups in total. The van der Waals surface area contributed by atoms with Crippen LogP contribution in [-0.2, 0) is 0 Å². The minimum atomic E-state index is -0.469. The van der Waals surface area contributed by atoms with Gasteiger partial charge in [-0.25, -0.2) is 4.39 Å². The third kappa shape index (κ3) is 2.80. The number of hydrogen-bond donors (Lipinski definition) is 3. The van der Waals surface area contributed by atoms with Crippen LogP contribution >= 0.6 is 0 Å². The highest BCUT2D eigenvalue weighted by Crippen LogP contribution is 2.24. The first-order valence-electron chi connectivity index (χ1n) is 6.55. The van der Waals surface area contributed by atoms with Gasteiger partial charge in [-0.3, -0.25) is 9.78 Å². The van der Waals surface area contributed by atoms with Crippen LogP contribution in [0.5, 0.6) is 5.88 Å². The Morgan fingerprint density at radius 1 is 1.05 bits per heavy atom. The first kappa shape index (κ1) is 13.8. The fraction of sp³-hybridized carbons (Fsp3) is 0. The van der Waals surface area contributed by atoms with Crippen molar-refractivity contribution >= 4 is 11.6 Å². The Hall–Kier alpha value is -3.15. The number of halogens is 1. The predicted molar refractivity (Wildman–Crippen MR) is 81.6 cm³/mol. The van der Waals surface area contributed by atoms with E-state index >= 15 is 0 Å². The van der Waals surface area contributed by atoms with E-state index in [2.05, 4.69) is 15.3 Å². The highest BCUT2D eigenvalue weighted by atomic mass is 19.1. The van der Waals surface area contributed by atoms with E-state index in [0.717, 1.165) is 0 Å². The van der Waals surface area contributed by atoms with Gasteiger partial charge in [0.1, 0.15) is 11.4 Å². The van der Waals surface area contributed by atoms with Gasteiger partial charge in [-0.15, -0.1) is 0 Å². The molecule has 3 rings (SSSR count). The maximum atomic E-state index is 12.9. The van der Waals surface area contributed by atoms with E-state index in [-0.39, 0.29) is 23.2 Å². The molecular formula is C16H12FN3O2. The van der Waals surface area contributed by atoms with Crippen LogP contribution in [0.15, 0.2) is 59.4 Å². The largest absolute Gasteiger partial charge is 0.493 e. The number of benzene rings is 2. The van der Waals surface area contributed by atoms with Gasteiger partial charge in [-0.2, -0.15) is 4.98 Å². The SMILES string of the molecule is O=c1[nH]c(Nc2ccc(F)cc2)nc(O)c1-c1ccccc1. The Morgan fingerprint density at radius 3 is 2.36 bits per heavy atom. The third-order valence-electron chi connectivity index (χ3n) is 3.07. The normalized spacial score (nSPS) is 10.4. The first-order valence-corrected chi connectivity index (χ1v) is 6.55. The highest BCUT2D eigenvalue weighted by molar-refractivity contribution is 5.68. The van der Waals surface area contributed by atoms with Crippen LogP contribution in [0.25, 0.3) is 11.1 Å². The molecule has 0 spiro atoms. The third-order valence-corrected chi connectivity index (χ3v) is 3.07. The van der Waals surface area contributed by atoms with Gasteiger partial charge in [0.2, 0.25) is 11.8 Å². The number of rotatable bonds is 3. The van der Waals surface area contributed by atoms with Gasteiger partial charge in [0, 0.05) is 5.69 Å². The molecule has 110 valence electrons. The molecule has 1 heterocycles. The highest BCUT2D eigenvalue weighted by Gasteiger charge is 2.12. The van der Waals surface area contributed by atoms with Crippen molar-refractivity contribution in [1.82, 2.24) is 9.97 Å². The van der Waals surface area contributed by atoms with Crippen LogP contribution < -0.4 is 10.9 Å². The molecule has 0 atom stereocenters. The molecule has 0 aliphatic heterocycles. The lowest BCUT2D eigenvalue weighted by Crippen LogP contribution is -2.13. The van der Waals surface area contributed by atoms with Crippen molar-refractivity contribution in [1.29, 1.82) is 0 Å². The average molecular weight is 297 g/mol. The molecule has 22 heavy (non-hydrogen) atoms. The summed E-state index contributed by atoms with van der Waals surface area (Å²) in [7, 11) is 0. The zero-order valence-electron chi connectivity index (χ0n) is 11.4. The van der Waals surface area contributed by atoms with Crippen molar-refractivity contribution in [2.45, 2.75) is 0 Å². The van der Waals surface area contributed by atoms with Crippen molar-refractivity contribution in [2.75, 3.05) is 5.32 Å². The van der Waals surface area contributed by atoms with Crippen LogP contribution in [0, 0.1) is 5.82 Å². The predicted octanol–water partition coefficient (Wildman–Crippen LogP) is 3.03. The molecular weight excluding hydrogens is 285 g/mol. The van der Waals surface area contributed by atoms with Crippen LogP contribution in [-0.4, -0.2) is 15.1 Å². The van der Waals surface area contributed by atoms with Gasteiger partial charge in [-0.05, 0) is 29.8 Å². The Balaban J connectivity index is 1.96. The number of aromatic nitrogens is 2. The molecule has 5 nitrogen and oxygen atoms in total. The Labute approximate surface area is 125 Å². The monoisotopic (exact) mass is 297 g/mol. The molecule has 0 radical (unpaired) electrons. The number of H-pyrrole nitrogens is 1. The average Bonchev–Trinajstić information content (AvgIpc) is 2.50. The van der Waals surface area contributed by atoms with Gasteiger partial charge in [0.05, 0.1) is 0 Å². The standard InChI is InChI=1S/C16H12FN3O2/c17-11-6-8-12(9-7-11)18-16-19-14(21)13(15(22)20-16)10-4-2-1-3-5-10/h1-9H,(H3,18,19,20,21,22). The first-order chi connectivity index (χ1) is 10.6. The number of aromatic hydroxyl groups is 1. The molecule has 0 unspecified atom stereocenters. The van der Waals surface area contributed by atoms with Crippen LogP contribution in [0.2, 0.25) is 0 Å². The summed E-state index contributed by atoms with van der Waals surface area (Å²) >= 11 is 0. The molecule has 6 heteroatoms. The van der Waals surface area contributed by atoms with Gasteiger partial charge in [0.15, 0.2) is 0 Å². The van der Waals surface area contributed by atoms with Gasteiger partial charge >= 0.3 is 0 Å². The number of hydrogen-bond acceptors (Lipinski definition) is 4. The van der Waals surface area contributed by atoms with Crippen LogP contribution in [0.1, 0.15) is 0 Å². The molecule has 0 aliphatic rings. The van der Waals surface area contributed by atoms with Crippen LogP contribution in [0.3, 0.4) is 0 Å². The van der Waals surface area contributed by atoms with E-state index in [1.54, 1.807) is 24.3 Å². The summed E-state index contributed by atoms with van der Waals surface area (Å²) in [5.41, 5.74) is 0.743. The maximum absolute atomic E-state index is 12.9. The lowest BCUT2D eigenvalue weighted by atomic mass is 10.1. The number of nitrogens with one attached hydrogen (secondary N) is 2. The number of anilines is 2. The Kier molecular flexibility index (Phi) is 3.57. The second-order valence-corrected chi connectivity index (χ2v) is 4.61. The quantitative estimate of drug-likeness (QED) is 0.694. The summed E-state index contributed by atoms with van der Waals surface area (Å²) in [6, 6.07) is 14.3. The summed E-state index contributed by atoms with van der Waals surface area (Å²) in [5.74, 6) is -0.664. The lowest BCUT2D eigenvalue weighted by molar-refractivity contribution is 0.454. The molecule has 0 saturated heterocycles. The Bertz CT molecular complexity index is 846. The summed E-state index contributed by atoms with van der Waals surface area (Å²) in [4.78, 5) is 18.6. The number of nitrogens with zero attached hydrogens (tertiary/aromatic N) is 1. The van der Waals surface area contributed by atoms with E-state index in [4.69, 9.17) is 0 Å². The lowest BCUT2D eigenvalue weighted by Gasteiger charge is -2.08. The maximum Gasteiger partial charge on any atom is 0.264 e. The van der Waals surface area contributed by atoms with Crippen molar-refractivity contribution in [3.05, 3.63) is 70.8 Å². The summed E-state index contributed by atoms with van der Waals surface area (Å²) < 4.78 is 12.9. The van der Waals surface area contributed by atoms with Gasteiger partial charge in [0.25, 0.3) is 5.56 Å². The van der Waals surface area contributed by atoms with Crippen molar-refractivity contribution in [2.24, 2.45) is 0 Å². The molecule has 2 aromatic carbocycles. The summed E-state index contributed by atoms with van der Waals surface area (Å²) in [6.07, 6.45) is 0. The van der Waals surface area contributed by atoms with Crippen molar-refractivity contribution in [3.63, 3.8) is 0 Å². The van der Waals surface area contributed by atoms with E-state index in [1.165, 1.54) is 24.3 Å². The van der Waals surface area contributed by atoms with Gasteiger partial charge in [-0.1, -0.05) is 30.3 Å². The molecule has 3 aromatic rings. The van der Waals surface area contributed by atoms with Crippen molar-refractivity contribution < 1.29 is 9.50 Å². The topological polar surface area (TPSA) is 78.0 Å². The smallest absolute Gasteiger partial charge is 0.264 e. The minimum absolute atomic E-state index is 0.0776. The zero-order valence-corrected chi connectivity index (χ0v) is 11.4. The van der Waals surface area contributed by atoms with Crippen LogP contribution in [0.4, 0.5) is 16.0 Å². The fourth-order valence-electron chi connectivity index (χ4n) is 2.06. The van der Waals surface area contributed by atoms with Crippen molar-refractivity contribution in [3.8, 4) is 17.0 Å². The Morgan fingerprint density at radius 2 is 1.73 bits per heavy atom. The molecule has 0 amide bonds. The van der Waals surface area contributed by atoms with E-state index < -0.39 is 5.56 Å². The summed E-state index contributed by atoms with van der Waals surface area (Å²) in [5, 5.41) is 12.8. The minimum Gasteiger partial charge on any atom is -0.493 e. The number of aromatic amines is 1. The zero-order chi connectivity index (χ0) is 15.5. The second-order valence-electron chi connectivity index (χ2n) is 4.61. The second kappa shape index (κ2) is 5.69. The van der Waals surface area contributed by atoms with Gasteiger partial charge < -0.3 is 10.4 Å². The van der Waals surface area contributed by atoms with E-state index in [9.17, 15) is 14.3 Å². The molecule has 0 aliphatic carbocycles. The molecule has 1 aromatic heterocycles. The van der Waals surface area contributed by atoms with E-state index in [1.807, 2.05) is 6.07 Å². The fourth-order valence-corrected chi connectivity index (χ4v) is 2.06.